The first-order valence-electron chi connectivity index (χ1n) is 20.9. The van der Waals surface area contributed by atoms with Crippen LogP contribution < -0.4 is 0 Å². The van der Waals surface area contributed by atoms with E-state index in [0.717, 1.165) is 16.5 Å². The molecule has 0 saturated carbocycles. The molecule has 10 rings (SSSR count). The second-order valence-corrected chi connectivity index (χ2v) is 11.7. The number of fused-ring (bicyclic) bond motifs is 6. The smallest absolute Gasteiger partial charge is 0.164 e. The lowest BCUT2D eigenvalue weighted by Crippen LogP contribution is -2.00. The first-order valence-corrected chi connectivity index (χ1v) is 15.9. The van der Waals surface area contributed by atoms with Crippen LogP contribution in [0.5, 0.6) is 0 Å². The van der Waals surface area contributed by atoms with E-state index in [1.54, 1.807) is 18.2 Å². The predicted molar refractivity (Wildman–Crippen MR) is 203 cm³/mol. The lowest BCUT2D eigenvalue weighted by molar-refractivity contribution is 0.669. The van der Waals surface area contributed by atoms with Crippen molar-refractivity contribution in [1.29, 1.82) is 0 Å². The topological polar surface area (TPSA) is 56.7 Å². The molecule has 0 aliphatic heterocycles. The highest BCUT2D eigenvalue weighted by atomic mass is 16.3. The van der Waals surface area contributed by atoms with Gasteiger partial charge in [-0.3, -0.25) is 0 Å². The number of furan rings is 1. The molecule has 5 nitrogen and oxygen atoms in total. The zero-order valence-corrected chi connectivity index (χ0v) is 26.1. The number of aromatic nitrogens is 4. The molecule has 0 bridgehead atoms. The van der Waals surface area contributed by atoms with Gasteiger partial charge in [0.05, 0.1) is 24.7 Å². The molecule has 0 saturated heterocycles. The molecule has 0 amide bonds. The Hall–Kier alpha value is -6.85. The van der Waals surface area contributed by atoms with Crippen LogP contribution in [0.3, 0.4) is 0 Å². The van der Waals surface area contributed by atoms with Crippen molar-refractivity contribution in [3.8, 4) is 51.0 Å². The summed E-state index contributed by atoms with van der Waals surface area (Å²) < 4.78 is 95.1. The maximum atomic E-state index is 9.08. The van der Waals surface area contributed by atoms with E-state index >= 15 is 0 Å². The maximum Gasteiger partial charge on any atom is 0.164 e. The molecular weight excluding hydrogens is 613 g/mol. The van der Waals surface area contributed by atoms with Crippen LogP contribution in [0.25, 0.3) is 94.7 Å². The Kier molecular flexibility index (Phi) is 4.52. The van der Waals surface area contributed by atoms with Crippen LogP contribution in [0.2, 0.25) is 0 Å². The predicted octanol–water partition coefficient (Wildman–Crippen LogP) is 11.5. The lowest BCUT2D eigenvalue weighted by atomic mass is 10.00. The average Bonchev–Trinajstić information content (AvgIpc) is 3.83. The third-order valence-electron chi connectivity index (χ3n) is 8.75. The van der Waals surface area contributed by atoms with Crippen molar-refractivity contribution in [2.75, 3.05) is 0 Å². The molecule has 0 aliphatic rings. The largest absolute Gasteiger partial charge is 0.456 e. The first kappa shape index (κ1) is 19.8. The van der Waals surface area contributed by atoms with Gasteiger partial charge in [-0.25, -0.2) is 15.0 Å². The number of rotatable bonds is 5. The van der Waals surface area contributed by atoms with Gasteiger partial charge in [-0.2, -0.15) is 0 Å². The van der Waals surface area contributed by atoms with Gasteiger partial charge in [0.1, 0.15) is 11.2 Å². The van der Waals surface area contributed by atoms with Gasteiger partial charge >= 0.3 is 0 Å². The number of para-hydroxylation sites is 2. The lowest BCUT2D eigenvalue weighted by Gasteiger charge is -2.11. The van der Waals surface area contributed by atoms with Gasteiger partial charge in [-0.05, 0) is 53.5 Å². The van der Waals surface area contributed by atoms with Crippen LogP contribution in [-0.2, 0) is 0 Å². The van der Waals surface area contributed by atoms with Gasteiger partial charge in [0.25, 0.3) is 0 Å². The van der Waals surface area contributed by atoms with Crippen molar-refractivity contribution in [3.05, 3.63) is 170 Å². The van der Waals surface area contributed by atoms with Crippen LogP contribution in [0.1, 0.15) is 13.7 Å². The third-order valence-corrected chi connectivity index (χ3v) is 8.75. The summed E-state index contributed by atoms with van der Waals surface area (Å²) in [7, 11) is 0. The average molecular weight is 651 g/mol. The van der Waals surface area contributed by atoms with Gasteiger partial charge in [0.2, 0.25) is 0 Å². The summed E-state index contributed by atoms with van der Waals surface area (Å²) in [6, 6.07) is 28.9. The highest BCUT2D eigenvalue weighted by Crippen LogP contribution is 2.39. The highest BCUT2D eigenvalue weighted by Gasteiger charge is 2.19. The molecule has 0 atom stereocenters. The number of hydrogen-bond acceptors (Lipinski definition) is 4. The van der Waals surface area contributed by atoms with E-state index in [-0.39, 0.29) is 39.6 Å². The Labute approximate surface area is 301 Å². The standard InChI is InChI=1S/C45H28N4O/c1-3-13-29(14-4-1)43-46-44(30-15-5-2-6-16-30)48-45(47-43)36-21-12-24-41-42(36)37-28-32(25-26-40(37)50-41)31-17-11-18-33(27-31)49-38-22-9-7-19-34(38)35-20-8-10-23-39(35)49/h1-28H/i7D,8D,9D,10D,17D,18D,19D,20D,22D,23D. The van der Waals surface area contributed by atoms with Gasteiger partial charge in [-0.1, -0.05) is 127 Å². The molecule has 0 fully saturated rings. The van der Waals surface area contributed by atoms with Gasteiger partial charge in [0.15, 0.2) is 17.5 Å². The summed E-state index contributed by atoms with van der Waals surface area (Å²) in [5.74, 6) is 1.40. The van der Waals surface area contributed by atoms with Crippen LogP contribution >= 0.6 is 0 Å². The van der Waals surface area contributed by atoms with E-state index in [4.69, 9.17) is 33.1 Å². The fourth-order valence-electron chi connectivity index (χ4n) is 6.48. The van der Waals surface area contributed by atoms with E-state index in [9.17, 15) is 0 Å². The summed E-state index contributed by atoms with van der Waals surface area (Å²) in [6.45, 7) is 0. The zero-order valence-electron chi connectivity index (χ0n) is 36.1. The van der Waals surface area contributed by atoms with E-state index in [1.165, 1.54) is 10.6 Å². The van der Waals surface area contributed by atoms with Gasteiger partial charge in [0, 0.05) is 43.9 Å². The second kappa shape index (κ2) is 11.4. The van der Waals surface area contributed by atoms with Gasteiger partial charge in [-0.15, -0.1) is 0 Å². The Balaban J connectivity index is 1.22. The number of hydrogen-bond donors (Lipinski definition) is 0. The monoisotopic (exact) mass is 650 g/mol. The maximum absolute atomic E-state index is 9.08. The Morgan fingerprint density at radius 2 is 1.10 bits per heavy atom. The van der Waals surface area contributed by atoms with Crippen LogP contribution in [0.15, 0.2) is 174 Å². The van der Waals surface area contributed by atoms with Crippen LogP contribution in [0, 0.1) is 0 Å². The zero-order chi connectivity index (χ0) is 41.7. The van der Waals surface area contributed by atoms with Crippen molar-refractivity contribution < 1.29 is 18.1 Å². The van der Waals surface area contributed by atoms with Crippen molar-refractivity contribution >= 4 is 43.7 Å². The van der Waals surface area contributed by atoms with E-state index in [0.29, 0.717) is 50.7 Å². The molecule has 10 aromatic rings. The Morgan fingerprint density at radius 3 is 1.78 bits per heavy atom. The molecule has 5 heteroatoms. The summed E-state index contributed by atoms with van der Waals surface area (Å²) in [4.78, 5) is 14.7. The van der Waals surface area contributed by atoms with E-state index in [2.05, 4.69) is 0 Å². The molecule has 7 aromatic carbocycles. The molecule has 234 valence electrons. The molecule has 0 radical (unpaired) electrons. The third kappa shape index (κ3) is 4.60. The quantitative estimate of drug-likeness (QED) is 0.186. The number of nitrogens with zero attached hydrogens (tertiary/aromatic N) is 4. The van der Waals surface area contributed by atoms with Crippen molar-refractivity contribution in [2.24, 2.45) is 0 Å². The van der Waals surface area contributed by atoms with Crippen molar-refractivity contribution in [3.63, 3.8) is 0 Å². The highest BCUT2D eigenvalue weighted by molar-refractivity contribution is 6.13. The minimum Gasteiger partial charge on any atom is -0.456 e. The molecular formula is C45H28N4O. The number of benzene rings is 7. The minimum absolute atomic E-state index is 0.0156. The molecule has 0 spiro atoms. The normalized spacial score (nSPS) is 14.4. The van der Waals surface area contributed by atoms with Crippen molar-refractivity contribution in [2.45, 2.75) is 0 Å². The SMILES string of the molecule is [2H]c1cc([2H])c(-n2c3c([2H])c([2H])c([2H])c([2H])c3c3c([2H])c([2H])c([2H])c([2H])c32)cc1-c1ccc2oc3cccc(-c4nc(-c5ccccc5)nc(-c5ccccc5)n4)c3c2c1. The first-order chi connectivity index (χ1) is 28.9. The Bertz CT molecular complexity index is 3310. The molecule has 50 heavy (non-hydrogen) atoms. The van der Waals surface area contributed by atoms with Crippen molar-refractivity contribution in [1.82, 2.24) is 19.5 Å². The van der Waals surface area contributed by atoms with Crippen LogP contribution in [-0.4, -0.2) is 19.5 Å². The molecule has 0 unspecified atom stereocenters. The van der Waals surface area contributed by atoms with Gasteiger partial charge < -0.3 is 8.98 Å². The fourth-order valence-corrected chi connectivity index (χ4v) is 6.48. The summed E-state index contributed by atoms with van der Waals surface area (Å²) >= 11 is 0. The molecule has 0 aliphatic carbocycles. The van der Waals surface area contributed by atoms with E-state index < -0.39 is 48.3 Å². The molecule has 0 N–H and O–H groups in total. The Morgan fingerprint density at radius 1 is 0.460 bits per heavy atom. The second-order valence-electron chi connectivity index (χ2n) is 11.7. The molecule has 3 heterocycles. The fraction of sp³-hybridized carbons (Fsp3) is 0. The summed E-state index contributed by atoms with van der Waals surface area (Å²) in [5, 5.41) is 1.22. The minimum atomic E-state index is -0.561. The van der Waals surface area contributed by atoms with Crippen LogP contribution in [0.4, 0.5) is 0 Å². The molecule has 3 aromatic heterocycles. The summed E-state index contributed by atoms with van der Waals surface area (Å²) in [6.07, 6.45) is 0. The summed E-state index contributed by atoms with van der Waals surface area (Å²) in [5.41, 5.74) is 4.19. The van der Waals surface area contributed by atoms with E-state index in [1.807, 2.05) is 84.9 Å².